The molecule has 1 fully saturated rings. The Bertz CT molecular complexity index is 1540. The SMILES string of the molecule is COc1cc(C(=O)N(C)C)ccc1-c1cc2nccc(-c3ccc(NC4CCOCC4O)c(C#N)c3)c2o1. The molecule has 2 aromatic heterocycles. The molecule has 2 aromatic carbocycles. The Balaban J connectivity index is 1.51. The molecule has 0 radical (unpaired) electrons. The van der Waals surface area contributed by atoms with Crippen molar-refractivity contribution < 1.29 is 23.8 Å². The fourth-order valence-electron chi connectivity index (χ4n) is 4.61. The molecule has 9 heteroatoms. The van der Waals surface area contributed by atoms with Gasteiger partial charge in [0.05, 0.1) is 42.7 Å². The molecule has 1 aliphatic rings. The molecule has 0 spiro atoms. The van der Waals surface area contributed by atoms with Crippen LogP contribution in [-0.2, 0) is 4.74 Å². The lowest BCUT2D eigenvalue weighted by Gasteiger charge is -2.29. The van der Waals surface area contributed by atoms with Crippen molar-refractivity contribution in [2.24, 2.45) is 0 Å². The number of hydrogen-bond acceptors (Lipinski definition) is 8. The third-order valence-electron chi connectivity index (χ3n) is 6.65. The van der Waals surface area contributed by atoms with Gasteiger partial charge in [0.15, 0.2) is 5.58 Å². The second kappa shape index (κ2) is 10.5. The predicted molar refractivity (Wildman–Crippen MR) is 143 cm³/mol. The number of benzene rings is 2. The third-order valence-corrected chi connectivity index (χ3v) is 6.65. The fourth-order valence-corrected chi connectivity index (χ4v) is 4.61. The molecule has 2 atom stereocenters. The van der Waals surface area contributed by atoms with E-state index < -0.39 is 6.10 Å². The number of furan rings is 1. The maximum Gasteiger partial charge on any atom is 0.253 e. The highest BCUT2D eigenvalue weighted by atomic mass is 16.5. The number of carbonyl (C=O) groups excluding carboxylic acids is 1. The molecule has 1 amide bonds. The Hall–Kier alpha value is -4.39. The molecule has 1 saturated heterocycles. The quantitative estimate of drug-likeness (QED) is 0.392. The molecule has 1 aliphatic heterocycles. The molecule has 3 heterocycles. The summed E-state index contributed by atoms with van der Waals surface area (Å²) in [7, 11) is 4.95. The van der Waals surface area contributed by atoms with Gasteiger partial charge in [0.2, 0.25) is 0 Å². The van der Waals surface area contributed by atoms with Gasteiger partial charge in [-0.2, -0.15) is 5.26 Å². The number of aliphatic hydroxyl groups is 1. The number of rotatable bonds is 6. The Labute approximate surface area is 220 Å². The maximum absolute atomic E-state index is 12.4. The van der Waals surface area contributed by atoms with Crippen molar-refractivity contribution in [2.45, 2.75) is 18.6 Å². The minimum atomic E-state index is -0.636. The van der Waals surface area contributed by atoms with Crippen LogP contribution in [0.25, 0.3) is 33.6 Å². The molecule has 0 bridgehead atoms. The van der Waals surface area contributed by atoms with Crippen LogP contribution in [0.2, 0.25) is 0 Å². The van der Waals surface area contributed by atoms with E-state index in [0.29, 0.717) is 58.0 Å². The molecule has 0 saturated carbocycles. The standard InChI is InChI=1S/C29H28N4O5/c1-33(2)29(35)18-4-6-21(26(13-18)36-3)27-14-24-28(38-27)20(8-10-31-24)17-5-7-22(19(12-17)15-30)32-23-9-11-37-16-25(23)34/h4-8,10,12-14,23,25,32,34H,9,11,16H2,1-3H3. The summed E-state index contributed by atoms with van der Waals surface area (Å²) >= 11 is 0. The number of nitriles is 1. The lowest BCUT2D eigenvalue weighted by Crippen LogP contribution is -2.41. The normalized spacial score (nSPS) is 17.1. The van der Waals surface area contributed by atoms with Crippen molar-refractivity contribution in [1.82, 2.24) is 9.88 Å². The molecule has 9 nitrogen and oxygen atoms in total. The summed E-state index contributed by atoms with van der Waals surface area (Å²) in [5.41, 5.74) is 5.13. The van der Waals surface area contributed by atoms with Crippen molar-refractivity contribution in [3.8, 4) is 34.3 Å². The number of pyridine rings is 1. The molecule has 0 aliphatic carbocycles. The number of aromatic nitrogens is 1. The minimum absolute atomic E-state index is 0.124. The number of nitrogens with zero attached hydrogens (tertiary/aromatic N) is 3. The van der Waals surface area contributed by atoms with E-state index in [0.717, 1.165) is 11.1 Å². The smallest absolute Gasteiger partial charge is 0.253 e. The Kier molecular flexibility index (Phi) is 7.01. The second-order valence-electron chi connectivity index (χ2n) is 9.35. The van der Waals surface area contributed by atoms with Gasteiger partial charge in [-0.15, -0.1) is 0 Å². The van der Waals surface area contributed by atoms with Gasteiger partial charge in [-0.3, -0.25) is 9.78 Å². The highest BCUT2D eigenvalue weighted by molar-refractivity contribution is 5.96. The summed E-state index contributed by atoms with van der Waals surface area (Å²) in [6.45, 7) is 0.830. The summed E-state index contributed by atoms with van der Waals surface area (Å²) in [4.78, 5) is 18.4. The van der Waals surface area contributed by atoms with Crippen LogP contribution < -0.4 is 10.1 Å². The first-order chi connectivity index (χ1) is 18.4. The van der Waals surface area contributed by atoms with Crippen LogP contribution in [-0.4, -0.2) is 67.5 Å². The Morgan fingerprint density at radius 3 is 2.76 bits per heavy atom. The van der Waals surface area contributed by atoms with Gasteiger partial charge in [0.25, 0.3) is 5.91 Å². The van der Waals surface area contributed by atoms with Crippen LogP contribution >= 0.6 is 0 Å². The Morgan fingerprint density at radius 2 is 2.03 bits per heavy atom. The zero-order valence-electron chi connectivity index (χ0n) is 21.4. The number of aliphatic hydroxyl groups excluding tert-OH is 1. The van der Waals surface area contributed by atoms with Crippen molar-refractivity contribution in [3.05, 3.63) is 65.9 Å². The van der Waals surface area contributed by atoms with E-state index in [2.05, 4.69) is 16.4 Å². The van der Waals surface area contributed by atoms with Crippen LogP contribution in [0.3, 0.4) is 0 Å². The Morgan fingerprint density at radius 1 is 1.18 bits per heavy atom. The molecule has 2 N–H and O–H groups in total. The largest absolute Gasteiger partial charge is 0.496 e. The predicted octanol–water partition coefficient (Wildman–Crippen LogP) is 4.31. The van der Waals surface area contributed by atoms with E-state index in [1.165, 1.54) is 4.90 Å². The number of hydrogen-bond donors (Lipinski definition) is 2. The van der Waals surface area contributed by atoms with E-state index in [4.69, 9.17) is 13.9 Å². The fraction of sp³-hybridized carbons (Fsp3) is 0.276. The number of amides is 1. The van der Waals surface area contributed by atoms with Crippen LogP contribution in [0.1, 0.15) is 22.3 Å². The average Bonchev–Trinajstić information content (AvgIpc) is 3.38. The van der Waals surface area contributed by atoms with Crippen LogP contribution in [0.15, 0.2) is 59.1 Å². The minimum Gasteiger partial charge on any atom is -0.496 e. The average molecular weight is 513 g/mol. The van der Waals surface area contributed by atoms with Gasteiger partial charge in [-0.1, -0.05) is 6.07 Å². The van der Waals surface area contributed by atoms with Gasteiger partial charge >= 0.3 is 0 Å². The highest BCUT2D eigenvalue weighted by Crippen LogP contribution is 2.38. The van der Waals surface area contributed by atoms with Gasteiger partial charge in [-0.25, -0.2) is 0 Å². The number of ether oxygens (including phenoxy) is 2. The number of methoxy groups -OCH3 is 1. The summed E-state index contributed by atoms with van der Waals surface area (Å²) in [6, 6.07) is 16.5. The first kappa shape index (κ1) is 25.3. The third kappa shape index (κ3) is 4.79. The van der Waals surface area contributed by atoms with Gasteiger partial charge in [-0.05, 0) is 48.4 Å². The number of carbonyl (C=O) groups is 1. The number of fused-ring (bicyclic) bond motifs is 1. The summed E-state index contributed by atoms with van der Waals surface area (Å²) in [5.74, 6) is 0.935. The molecule has 5 rings (SSSR count). The van der Waals surface area contributed by atoms with Gasteiger partial charge < -0.3 is 29.2 Å². The van der Waals surface area contributed by atoms with Crippen molar-refractivity contribution >= 4 is 22.7 Å². The summed E-state index contributed by atoms with van der Waals surface area (Å²) in [6.07, 6.45) is 1.72. The van der Waals surface area contributed by atoms with E-state index in [1.807, 2.05) is 24.3 Å². The monoisotopic (exact) mass is 512 g/mol. The lowest BCUT2D eigenvalue weighted by molar-refractivity contribution is -0.0134. The zero-order valence-corrected chi connectivity index (χ0v) is 21.4. The van der Waals surface area contributed by atoms with E-state index in [1.54, 1.807) is 51.7 Å². The molecule has 38 heavy (non-hydrogen) atoms. The van der Waals surface area contributed by atoms with Gasteiger partial charge in [0.1, 0.15) is 23.1 Å². The summed E-state index contributed by atoms with van der Waals surface area (Å²) in [5, 5.41) is 23.4. The topological polar surface area (TPSA) is 121 Å². The van der Waals surface area contributed by atoms with Crippen LogP contribution in [0.4, 0.5) is 5.69 Å². The molecular weight excluding hydrogens is 484 g/mol. The van der Waals surface area contributed by atoms with E-state index in [9.17, 15) is 15.2 Å². The number of nitrogens with one attached hydrogen (secondary N) is 1. The van der Waals surface area contributed by atoms with Crippen LogP contribution in [0, 0.1) is 11.3 Å². The van der Waals surface area contributed by atoms with Crippen molar-refractivity contribution in [1.29, 1.82) is 5.26 Å². The summed E-state index contributed by atoms with van der Waals surface area (Å²) < 4.78 is 17.2. The molecular formula is C29H28N4O5. The first-order valence-corrected chi connectivity index (χ1v) is 12.2. The highest BCUT2D eigenvalue weighted by Gasteiger charge is 2.24. The lowest BCUT2D eigenvalue weighted by atomic mass is 10.0. The zero-order chi connectivity index (χ0) is 26.8. The first-order valence-electron chi connectivity index (χ1n) is 12.2. The van der Waals surface area contributed by atoms with Crippen molar-refractivity contribution in [3.63, 3.8) is 0 Å². The van der Waals surface area contributed by atoms with Gasteiger partial charge in [0, 0.05) is 44.1 Å². The van der Waals surface area contributed by atoms with Crippen LogP contribution in [0.5, 0.6) is 5.75 Å². The number of anilines is 1. The second-order valence-corrected chi connectivity index (χ2v) is 9.35. The molecule has 4 aromatic rings. The van der Waals surface area contributed by atoms with E-state index >= 15 is 0 Å². The van der Waals surface area contributed by atoms with E-state index in [-0.39, 0.29) is 18.6 Å². The molecule has 2 unspecified atom stereocenters. The maximum atomic E-state index is 12.4. The van der Waals surface area contributed by atoms with Crippen molar-refractivity contribution in [2.75, 3.05) is 39.7 Å². The molecule has 194 valence electrons.